The highest BCUT2D eigenvalue weighted by Crippen LogP contribution is 2.37. The first-order valence-corrected chi connectivity index (χ1v) is 7.08. The van der Waals surface area contributed by atoms with Crippen LogP contribution in [0.5, 0.6) is 0 Å². The number of carbonyl (C=O) groups excluding carboxylic acids is 1. The van der Waals surface area contributed by atoms with E-state index in [0.717, 1.165) is 39.0 Å². The lowest BCUT2D eigenvalue weighted by Gasteiger charge is -2.40. The Labute approximate surface area is 118 Å². The standard InChI is InChI=1S/C15H19N3O2/c19-14(13-16-7-3-8-17-13)18-9-5-15(6-10-18)4-1-2-11-20-12-15/h1-3,7-8H,4-6,9-12H2. The molecule has 5 nitrogen and oxygen atoms in total. The lowest BCUT2D eigenvalue weighted by molar-refractivity contribution is 0.0159. The Bertz CT molecular complexity index is 493. The summed E-state index contributed by atoms with van der Waals surface area (Å²) in [6, 6.07) is 1.72. The van der Waals surface area contributed by atoms with Gasteiger partial charge in [-0.05, 0) is 25.3 Å². The van der Waals surface area contributed by atoms with Crippen molar-refractivity contribution in [2.75, 3.05) is 26.3 Å². The second kappa shape index (κ2) is 5.71. The van der Waals surface area contributed by atoms with Crippen molar-refractivity contribution in [3.05, 3.63) is 36.4 Å². The zero-order valence-corrected chi connectivity index (χ0v) is 11.5. The molecule has 1 aromatic rings. The molecule has 3 rings (SSSR count). The van der Waals surface area contributed by atoms with Crippen molar-refractivity contribution < 1.29 is 9.53 Å². The summed E-state index contributed by atoms with van der Waals surface area (Å²) >= 11 is 0. The maximum Gasteiger partial charge on any atom is 0.291 e. The first-order valence-electron chi connectivity index (χ1n) is 7.08. The van der Waals surface area contributed by atoms with Gasteiger partial charge in [0.15, 0.2) is 0 Å². The first-order chi connectivity index (χ1) is 9.79. The fourth-order valence-corrected chi connectivity index (χ4v) is 2.89. The monoisotopic (exact) mass is 273 g/mol. The molecule has 0 unspecified atom stereocenters. The molecule has 1 aromatic heterocycles. The van der Waals surface area contributed by atoms with Gasteiger partial charge in [0.1, 0.15) is 0 Å². The van der Waals surface area contributed by atoms with Crippen molar-refractivity contribution in [3.63, 3.8) is 0 Å². The number of aromatic nitrogens is 2. The molecule has 0 bridgehead atoms. The molecule has 1 saturated heterocycles. The minimum absolute atomic E-state index is 0.0643. The Kier molecular flexibility index (Phi) is 3.78. The molecule has 0 atom stereocenters. The average molecular weight is 273 g/mol. The normalized spacial score (nSPS) is 21.7. The van der Waals surface area contributed by atoms with E-state index in [0.29, 0.717) is 12.4 Å². The summed E-state index contributed by atoms with van der Waals surface area (Å²) in [4.78, 5) is 22.2. The summed E-state index contributed by atoms with van der Waals surface area (Å²) < 4.78 is 5.65. The largest absolute Gasteiger partial charge is 0.377 e. The number of nitrogens with zero attached hydrogens (tertiary/aromatic N) is 3. The van der Waals surface area contributed by atoms with Gasteiger partial charge in [-0.2, -0.15) is 0 Å². The molecule has 1 spiro atoms. The third-order valence-corrected chi connectivity index (χ3v) is 4.21. The summed E-state index contributed by atoms with van der Waals surface area (Å²) in [6.07, 6.45) is 10.5. The number of rotatable bonds is 1. The number of allylic oxidation sites excluding steroid dienone is 1. The summed E-state index contributed by atoms with van der Waals surface area (Å²) in [6.45, 7) is 3.02. The van der Waals surface area contributed by atoms with Gasteiger partial charge >= 0.3 is 0 Å². The van der Waals surface area contributed by atoms with Crippen LogP contribution in [0.2, 0.25) is 0 Å². The van der Waals surface area contributed by atoms with Crippen molar-refractivity contribution in [2.24, 2.45) is 5.41 Å². The highest BCUT2D eigenvalue weighted by atomic mass is 16.5. The van der Waals surface area contributed by atoms with Gasteiger partial charge in [0.25, 0.3) is 5.91 Å². The zero-order valence-electron chi connectivity index (χ0n) is 11.5. The van der Waals surface area contributed by atoms with Crippen molar-refractivity contribution >= 4 is 5.91 Å². The van der Waals surface area contributed by atoms with E-state index in [9.17, 15) is 4.79 Å². The van der Waals surface area contributed by atoms with Gasteiger partial charge in [-0.1, -0.05) is 12.2 Å². The maximum atomic E-state index is 12.3. The topological polar surface area (TPSA) is 55.3 Å². The van der Waals surface area contributed by atoms with Gasteiger partial charge in [0.2, 0.25) is 5.82 Å². The fraction of sp³-hybridized carbons (Fsp3) is 0.533. The zero-order chi connectivity index (χ0) is 13.8. The van der Waals surface area contributed by atoms with Gasteiger partial charge in [-0.25, -0.2) is 9.97 Å². The molecule has 0 N–H and O–H groups in total. The van der Waals surface area contributed by atoms with Crippen LogP contribution in [-0.2, 0) is 4.74 Å². The Morgan fingerprint density at radius 3 is 2.70 bits per heavy atom. The molecule has 2 aliphatic heterocycles. The Balaban J connectivity index is 1.63. The third kappa shape index (κ3) is 2.72. The number of likely N-dealkylation sites (tertiary alicyclic amines) is 1. The number of ether oxygens (including phenoxy) is 1. The number of carbonyl (C=O) groups is 1. The molecule has 0 radical (unpaired) electrons. The highest BCUT2D eigenvalue weighted by molar-refractivity contribution is 5.90. The van der Waals surface area contributed by atoms with E-state index < -0.39 is 0 Å². The van der Waals surface area contributed by atoms with Crippen molar-refractivity contribution in [1.82, 2.24) is 14.9 Å². The second-order valence-electron chi connectivity index (χ2n) is 5.56. The Morgan fingerprint density at radius 1 is 1.20 bits per heavy atom. The van der Waals surface area contributed by atoms with E-state index in [-0.39, 0.29) is 11.3 Å². The van der Waals surface area contributed by atoms with Gasteiger partial charge in [0, 0.05) is 30.9 Å². The molecular weight excluding hydrogens is 254 g/mol. The minimum Gasteiger partial charge on any atom is -0.377 e. The SMILES string of the molecule is O=C(c1ncccn1)N1CCC2(CC=CCOC2)CC1. The van der Waals surface area contributed by atoms with Gasteiger partial charge in [-0.3, -0.25) is 4.79 Å². The fourth-order valence-electron chi connectivity index (χ4n) is 2.89. The lowest BCUT2D eigenvalue weighted by Crippen LogP contribution is -2.45. The molecule has 0 aliphatic carbocycles. The molecule has 3 heterocycles. The molecule has 20 heavy (non-hydrogen) atoms. The quantitative estimate of drug-likeness (QED) is 0.730. The second-order valence-corrected chi connectivity index (χ2v) is 5.56. The molecule has 106 valence electrons. The van der Waals surface area contributed by atoms with Gasteiger partial charge in [0.05, 0.1) is 13.2 Å². The first kappa shape index (κ1) is 13.2. The van der Waals surface area contributed by atoms with Crippen LogP contribution in [0.15, 0.2) is 30.6 Å². The predicted molar refractivity (Wildman–Crippen MR) is 74.2 cm³/mol. The summed E-state index contributed by atoms with van der Waals surface area (Å²) in [7, 11) is 0. The van der Waals surface area contributed by atoms with Crippen molar-refractivity contribution in [1.29, 1.82) is 0 Å². The van der Waals surface area contributed by atoms with E-state index in [4.69, 9.17) is 4.74 Å². The maximum absolute atomic E-state index is 12.3. The van der Waals surface area contributed by atoms with E-state index >= 15 is 0 Å². The molecular formula is C15H19N3O2. The van der Waals surface area contributed by atoms with E-state index in [1.165, 1.54) is 0 Å². The summed E-state index contributed by atoms with van der Waals surface area (Å²) in [5.41, 5.74) is 0.210. The molecule has 0 saturated carbocycles. The number of amides is 1. The minimum atomic E-state index is -0.0643. The molecule has 5 heteroatoms. The van der Waals surface area contributed by atoms with Crippen LogP contribution in [0.25, 0.3) is 0 Å². The van der Waals surface area contributed by atoms with E-state index in [2.05, 4.69) is 22.1 Å². The average Bonchev–Trinajstić information content (AvgIpc) is 2.74. The van der Waals surface area contributed by atoms with Crippen LogP contribution in [0, 0.1) is 5.41 Å². The van der Waals surface area contributed by atoms with Crippen LogP contribution < -0.4 is 0 Å². The molecule has 1 fully saturated rings. The van der Waals surface area contributed by atoms with Crippen LogP contribution in [0.1, 0.15) is 29.9 Å². The Morgan fingerprint density at radius 2 is 1.95 bits per heavy atom. The summed E-state index contributed by atoms with van der Waals surface area (Å²) in [5, 5.41) is 0. The highest BCUT2D eigenvalue weighted by Gasteiger charge is 2.36. The smallest absolute Gasteiger partial charge is 0.291 e. The van der Waals surface area contributed by atoms with E-state index in [1.54, 1.807) is 18.5 Å². The van der Waals surface area contributed by atoms with Crippen LogP contribution in [-0.4, -0.2) is 47.1 Å². The lowest BCUT2D eigenvalue weighted by atomic mass is 9.76. The van der Waals surface area contributed by atoms with Crippen LogP contribution in [0.4, 0.5) is 0 Å². The van der Waals surface area contributed by atoms with Gasteiger partial charge in [-0.15, -0.1) is 0 Å². The van der Waals surface area contributed by atoms with Crippen LogP contribution >= 0.6 is 0 Å². The Hall–Kier alpha value is -1.75. The van der Waals surface area contributed by atoms with Crippen LogP contribution in [0.3, 0.4) is 0 Å². The third-order valence-electron chi connectivity index (χ3n) is 4.21. The molecule has 1 amide bonds. The number of piperidine rings is 1. The molecule has 2 aliphatic rings. The van der Waals surface area contributed by atoms with Crippen molar-refractivity contribution in [3.8, 4) is 0 Å². The summed E-state index contributed by atoms with van der Waals surface area (Å²) in [5.74, 6) is 0.228. The van der Waals surface area contributed by atoms with Crippen molar-refractivity contribution in [2.45, 2.75) is 19.3 Å². The van der Waals surface area contributed by atoms with E-state index in [1.807, 2.05) is 4.90 Å². The number of hydrogen-bond acceptors (Lipinski definition) is 4. The number of hydrogen-bond donors (Lipinski definition) is 0. The predicted octanol–water partition coefficient (Wildman–Crippen LogP) is 1.68. The van der Waals surface area contributed by atoms with Gasteiger partial charge < -0.3 is 9.64 Å². The molecule has 0 aromatic carbocycles.